The first-order valence-electron chi connectivity index (χ1n) is 2.03. The summed E-state index contributed by atoms with van der Waals surface area (Å²) >= 11 is 4.78. The van der Waals surface area contributed by atoms with E-state index in [1.807, 2.05) is 0 Å². The van der Waals surface area contributed by atoms with E-state index in [0.717, 1.165) is 0 Å². The van der Waals surface area contributed by atoms with E-state index in [4.69, 9.17) is 26.6 Å². The van der Waals surface area contributed by atoms with E-state index in [9.17, 15) is 0 Å². The van der Waals surface area contributed by atoms with Crippen molar-refractivity contribution in [3.05, 3.63) is 0 Å². The highest BCUT2D eigenvalue weighted by molar-refractivity contribution is 8.09. The summed E-state index contributed by atoms with van der Waals surface area (Å²) in [6, 6.07) is 0. The van der Waals surface area contributed by atoms with E-state index < -0.39 is 6.49 Å². The van der Waals surface area contributed by atoms with Crippen molar-refractivity contribution in [2.45, 2.75) is 0 Å². The molecule has 0 amide bonds. The van der Waals surface area contributed by atoms with Crippen molar-refractivity contribution in [3.63, 3.8) is 0 Å². The lowest BCUT2D eigenvalue weighted by Gasteiger charge is -2.13. The SMILES string of the molecule is COP(=S)(C[NH])OC. The van der Waals surface area contributed by atoms with E-state index in [-0.39, 0.29) is 6.29 Å². The fourth-order valence-corrected chi connectivity index (χ4v) is 0.611. The minimum Gasteiger partial charge on any atom is -0.332 e. The first kappa shape index (κ1) is 8.53. The maximum atomic E-state index is 6.85. The molecule has 0 atom stereocenters. The summed E-state index contributed by atoms with van der Waals surface area (Å²) in [6.45, 7) is -2.16. The lowest BCUT2D eigenvalue weighted by atomic mass is 11.6. The molecule has 0 aliphatic carbocycles. The van der Waals surface area contributed by atoms with Gasteiger partial charge in [-0.25, -0.2) is 5.73 Å². The van der Waals surface area contributed by atoms with Gasteiger partial charge in [0.1, 0.15) is 0 Å². The first-order valence-corrected chi connectivity index (χ1v) is 4.86. The molecule has 0 unspecified atom stereocenters. The van der Waals surface area contributed by atoms with Gasteiger partial charge in [0.25, 0.3) is 0 Å². The Bertz CT molecular complexity index is 88.4. The Balaban J connectivity index is 3.79. The molecule has 0 aromatic rings. The van der Waals surface area contributed by atoms with Crippen molar-refractivity contribution < 1.29 is 9.05 Å². The third-order valence-corrected chi connectivity index (χ3v) is 3.53. The van der Waals surface area contributed by atoms with Crippen LogP contribution >= 0.6 is 6.49 Å². The van der Waals surface area contributed by atoms with E-state index in [0.29, 0.717) is 0 Å². The zero-order valence-electron chi connectivity index (χ0n) is 4.88. The van der Waals surface area contributed by atoms with Gasteiger partial charge < -0.3 is 9.05 Å². The number of hydrogen-bond acceptors (Lipinski definition) is 3. The summed E-state index contributed by atoms with van der Waals surface area (Å²) < 4.78 is 9.50. The van der Waals surface area contributed by atoms with Gasteiger partial charge in [0, 0.05) is 14.2 Å². The second-order valence-electron chi connectivity index (χ2n) is 1.13. The molecule has 0 saturated heterocycles. The molecule has 8 heavy (non-hydrogen) atoms. The lowest BCUT2D eigenvalue weighted by Crippen LogP contribution is -1.93. The molecule has 1 radical (unpaired) electrons. The normalized spacial score (nSPS) is 11.9. The van der Waals surface area contributed by atoms with Gasteiger partial charge in [0.2, 0.25) is 6.49 Å². The Hall–Kier alpha value is 0.530. The smallest absolute Gasteiger partial charge is 0.203 e. The Kier molecular flexibility index (Phi) is 3.77. The van der Waals surface area contributed by atoms with E-state index in [2.05, 4.69) is 0 Å². The molecule has 1 N–H and O–H groups in total. The highest BCUT2D eigenvalue weighted by atomic mass is 32.5. The van der Waals surface area contributed by atoms with Crippen molar-refractivity contribution in [2.24, 2.45) is 0 Å². The van der Waals surface area contributed by atoms with Crippen LogP contribution in [0.4, 0.5) is 0 Å². The predicted octanol–water partition coefficient (Wildman–Crippen LogP) is 0.829. The molecule has 0 aliphatic rings. The molecule has 49 valence electrons. The van der Waals surface area contributed by atoms with Crippen LogP contribution in [0.15, 0.2) is 0 Å². The van der Waals surface area contributed by atoms with Gasteiger partial charge in [-0.15, -0.1) is 0 Å². The monoisotopic (exact) mass is 154 g/mol. The van der Waals surface area contributed by atoms with Crippen molar-refractivity contribution in [3.8, 4) is 0 Å². The second kappa shape index (κ2) is 3.54. The quantitative estimate of drug-likeness (QED) is 0.565. The van der Waals surface area contributed by atoms with Crippen molar-refractivity contribution in [1.29, 1.82) is 0 Å². The lowest BCUT2D eigenvalue weighted by molar-refractivity contribution is 0.337. The Morgan fingerprint density at radius 3 is 1.88 bits per heavy atom. The van der Waals surface area contributed by atoms with Gasteiger partial charge in [0.15, 0.2) is 0 Å². The van der Waals surface area contributed by atoms with Crippen LogP contribution in [0.1, 0.15) is 0 Å². The minimum absolute atomic E-state index is 0.0509. The molecular formula is C3H9NO2PS. The summed E-state index contributed by atoms with van der Waals surface area (Å²) in [5.41, 5.74) is 6.85. The fraction of sp³-hybridized carbons (Fsp3) is 1.00. The molecule has 0 rings (SSSR count). The van der Waals surface area contributed by atoms with E-state index in [1.165, 1.54) is 14.2 Å². The van der Waals surface area contributed by atoms with Crippen LogP contribution in [-0.2, 0) is 20.9 Å². The third kappa shape index (κ3) is 2.20. The van der Waals surface area contributed by atoms with Gasteiger partial charge >= 0.3 is 0 Å². The first-order chi connectivity index (χ1) is 3.68. The van der Waals surface area contributed by atoms with Crippen LogP contribution in [0, 0.1) is 0 Å². The van der Waals surface area contributed by atoms with Crippen molar-refractivity contribution >= 4 is 18.3 Å². The van der Waals surface area contributed by atoms with Crippen LogP contribution in [0.3, 0.4) is 0 Å². The third-order valence-electron chi connectivity index (χ3n) is 0.750. The summed E-state index contributed by atoms with van der Waals surface area (Å²) in [7, 11) is 2.94. The van der Waals surface area contributed by atoms with Crippen LogP contribution in [0.5, 0.6) is 0 Å². The van der Waals surface area contributed by atoms with Crippen LogP contribution < -0.4 is 5.73 Å². The molecule has 0 saturated carbocycles. The highest BCUT2D eigenvalue weighted by Gasteiger charge is 2.10. The Morgan fingerprint density at radius 1 is 1.50 bits per heavy atom. The summed E-state index contributed by atoms with van der Waals surface area (Å²) in [5.74, 6) is 0. The predicted molar refractivity (Wildman–Crippen MR) is 36.3 cm³/mol. The van der Waals surface area contributed by atoms with Crippen LogP contribution in [0.2, 0.25) is 0 Å². The Morgan fingerprint density at radius 2 is 1.88 bits per heavy atom. The second-order valence-corrected chi connectivity index (χ2v) is 5.07. The van der Waals surface area contributed by atoms with Gasteiger partial charge in [-0.3, -0.25) is 0 Å². The molecular weight excluding hydrogens is 145 g/mol. The zero-order valence-corrected chi connectivity index (χ0v) is 6.59. The topological polar surface area (TPSA) is 42.3 Å². The highest BCUT2D eigenvalue weighted by Crippen LogP contribution is 2.44. The standard InChI is InChI=1S/C3H9NO2PS/c1-5-7(8,3-4)6-2/h4H,3H2,1-2H3. The molecule has 0 heterocycles. The van der Waals surface area contributed by atoms with E-state index >= 15 is 0 Å². The molecule has 0 aliphatic heterocycles. The van der Waals surface area contributed by atoms with E-state index in [1.54, 1.807) is 0 Å². The molecule has 0 aromatic carbocycles. The number of nitrogens with one attached hydrogen (secondary N) is 1. The maximum absolute atomic E-state index is 6.85. The summed E-state index contributed by atoms with van der Waals surface area (Å²) in [5, 5.41) is 0. The maximum Gasteiger partial charge on any atom is 0.203 e. The molecule has 3 nitrogen and oxygen atoms in total. The molecule has 0 bridgehead atoms. The Labute approximate surface area is 54.3 Å². The van der Waals surface area contributed by atoms with Crippen LogP contribution in [-0.4, -0.2) is 20.5 Å². The summed E-state index contributed by atoms with van der Waals surface area (Å²) in [4.78, 5) is 0. The molecule has 5 heteroatoms. The largest absolute Gasteiger partial charge is 0.332 e. The molecule has 0 fully saturated rings. The van der Waals surface area contributed by atoms with Crippen molar-refractivity contribution in [2.75, 3.05) is 20.5 Å². The van der Waals surface area contributed by atoms with Gasteiger partial charge in [-0.05, 0) is 11.8 Å². The molecule has 0 aromatic heterocycles. The average Bonchev–Trinajstić information content (AvgIpc) is 1.87. The van der Waals surface area contributed by atoms with Gasteiger partial charge in [-0.2, -0.15) is 0 Å². The average molecular weight is 154 g/mol. The number of rotatable bonds is 3. The fourth-order valence-electron chi connectivity index (χ4n) is 0.204. The number of hydrogen-bond donors (Lipinski definition) is 0. The summed E-state index contributed by atoms with van der Waals surface area (Å²) in [6.07, 6.45) is 0.0509. The van der Waals surface area contributed by atoms with Gasteiger partial charge in [0.05, 0.1) is 6.29 Å². The molecule has 0 spiro atoms. The minimum atomic E-state index is -2.16. The van der Waals surface area contributed by atoms with Gasteiger partial charge in [-0.1, -0.05) is 0 Å². The zero-order chi connectivity index (χ0) is 6.62. The van der Waals surface area contributed by atoms with Crippen LogP contribution in [0.25, 0.3) is 0 Å². The van der Waals surface area contributed by atoms with Crippen molar-refractivity contribution in [1.82, 2.24) is 5.73 Å².